The van der Waals surface area contributed by atoms with Crippen molar-refractivity contribution in [2.75, 3.05) is 0 Å². The number of fused-ring (bicyclic) bond motifs is 1. The zero-order valence-corrected chi connectivity index (χ0v) is 9.75. The molecule has 3 rings (SSSR count). The van der Waals surface area contributed by atoms with E-state index in [4.69, 9.17) is 5.11 Å². The van der Waals surface area contributed by atoms with Gasteiger partial charge in [0.25, 0.3) is 0 Å². The van der Waals surface area contributed by atoms with Gasteiger partial charge in [-0.05, 0) is 30.3 Å². The number of aromatic carboxylic acids is 1. The number of carbonyl (C=O) groups is 1. The summed E-state index contributed by atoms with van der Waals surface area (Å²) >= 11 is 0. The Morgan fingerprint density at radius 2 is 2.11 bits per heavy atom. The largest absolute Gasteiger partial charge is 0.478 e. The topological polar surface area (TPSA) is 55.1 Å². The number of hydrogen-bond donors (Lipinski definition) is 1. The average molecular weight is 256 g/mol. The minimum Gasteiger partial charge on any atom is -0.478 e. The highest BCUT2D eigenvalue weighted by atomic mass is 19.1. The van der Waals surface area contributed by atoms with Gasteiger partial charge >= 0.3 is 5.97 Å². The minimum absolute atomic E-state index is 0.0821. The highest BCUT2D eigenvalue weighted by molar-refractivity contribution is 5.93. The standard InChI is InChI=1S/C14H9FN2O2/c15-10-1-2-12(11(7-10)14(18)19)17-6-4-9-3-5-16-8-13(9)17/h1-8H,(H,18,19). The smallest absolute Gasteiger partial charge is 0.337 e. The normalized spacial score (nSPS) is 10.8. The van der Waals surface area contributed by atoms with E-state index in [1.54, 1.807) is 23.2 Å². The van der Waals surface area contributed by atoms with Crippen molar-refractivity contribution in [3.05, 3.63) is 60.3 Å². The molecule has 0 saturated carbocycles. The molecule has 3 aromatic rings. The van der Waals surface area contributed by atoms with Gasteiger partial charge in [0.2, 0.25) is 0 Å². The van der Waals surface area contributed by atoms with Crippen LogP contribution in [-0.4, -0.2) is 20.6 Å². The van der Waals surface area contributed by atoms with Crippen LogP contribution in [0.5, 0.6) is 0 Å². The van der Waals surface area contributed by atoms with Crippen LogP contribution in [0.15, 0.2) is 48.9 Å². The van der Waals surface area contributed by atoms with Crippen LogP contribution in [0.4, 0.5) is 4.39 Å². The Bertz CT molecular complexity index is 780. The Labute approximate surface area is 107 Å². The Hall–Kier alpha value is -2.69. The van der Waals surface area contributed by atoms with Crippen molar-refractivity contribution < 1.29 is 14.3 Å². The molecule has 4 nitrogen and oxygen atoms in total. The number of halogens is 1. The van der Waals surface area contributed by atoms with Crippen LogP contribution in [0.25, 0.3) is 16.6 Å². The molecule has 2 heterocycles. The molecule has 0 saturated heterocycles. The van der Waals surface area contributed by atoms with Crippen LogP contribution >= 0.6 is 0 Å². The number of aromatic nitrogens is 2. The summed E-state index contributed by atoms with van der Waals surface area (Å²) in [7, 11) is 0. The van der Waals surface area contributed by atoms with Gasteiger partial charge in [-0.25, -0.2) is 9.18 Å². The lowest BCUT2D eigenvalue weighted by Crippen LogP contribution is -2.05. The van der Waals surface area contributed by atoms with Crippen molar-refractivity contribution in [1.29, 1.82) is 0 Å². The molecular formula is C14H9FN2O2. The number of hydrogen-bond acceptors (Lipinski definition) is 2. The van der Waals surface area contributed by atoms with E-state index in [2.05, 4.69) is 4.98 Å². The van der Waals surface area contributed by atoms with Gasteiger partial charge in [0.15, 0.2) is 0 Å². The van der Waals surface area contributed by atoms with E-state index in [1.165, 1.54) is 12.1 Å². The third-order valence-electron chi connectivity index (χ3n) is 2.94. The zero-order chi connectivity index (χ0) is 13.4. The lowest BCUT2D eigenvalue weighted by Gasteiger charge is -2.09. The molecule has 0 aliphatic heterocycles. The lowest BCUT2D eigenvalue weighted by atomic mass is 10.1. The van der Waals surface area contributed by atoms with Crippen LogP contribution in [-0.2, 0) is 0 Å². The molecule has 0 fully saturated rings. The second kappa shape index (κ2) is 4.20. The van der Waals surface area contributed by atoms with Gasteiger partial charge in [-0.15, -0.1) is 0 Å². The van der Waals surface area contributed by atoms with Crippen molar-refractivity contribution in [3.8, 4) is 5.69 Å². The SMILES string of the molecule is O=C(O)c1cc(F)ccc1-n1ccc2ccncc21. The summed E-state index contributed by atoms with van der Waals surface area (Å²) in [5.41, 5.74) is 1.11. The fourth-order valence-electron chi connectivity index (χ4n) is 2.07. The van der Waals surface area contributed by atoms with E-state index in [9.17, 15) is 9.18 Å². The molecule has 0 bridgehead atoms. The molecule has 0 atom stereocenters. The van der Waals surface area contributed by atoms with Gasteiger partial charge in [0, 0.05) is 17.8 Å². The van der Waals surface area contributed by atoms with Gasteiger partial charge in [-0.1, -0.05) is 0 Å². The maximum atomic E-state index is 13.2. The molecule has 0 unspecified atom stereocenters. The molecule has 0 amide bonds. The predicted molar refractivity (Wildman–Crippen MR) is 68.0 cm³/mol. The molecule has 5 heteroatoms. The molecule has 2 aromatic heterocycles. The summed E-state index contributed by atoms with van der Waals surface area (Å²) in [4.78, 5) is 15.2. The average Bonchev–Trinajstić information content (AvgIpc) is 2.82. The lowest BCUT2D eigenvalue weighted by molar-refractivity contribution is 0.0696. The molecule has 0 spiro atoms. The maximum absolute atomic E-state index is 13.2. The van der Waals surface area contributed by atoms with E-state index >= 15 is 0 Å². The summed E-state index contributed by atoms with van der Waals surface area (Å²) in [5.74, 6) is -1.74. The van der Waals surface area contributed by atoms with Gasteiger partial charge in [0.05, 0.1) is 23.0 Å². The summed E-state index contributed by atoms with van der Waals surface area (Å²) in [5, 5.41) is 10.1. The van der Waals surface area contributed by atoms with Gasteiger partial charge in [0.1, 0.15) is 5.82 Å². The van der Waals surface area contributed by atoms with Gasteiger partial charge < -0.3 is 9.67 Å². The van der Waals surface area contributed by atoms with Gasteiger partial charge in [-0.3, -0.25) is 4.98 Å². The Morgan fingerprint density at radius 1 is 1.26 bits per heavy atom. The highest BCUT2D eigenvalue weighted by Gasteiger charge is 2.14. The Morgan fingerprint density at radius 3 is 2.89 bits per heavy atom. The second-order valence-electron chi connectivity index (χ2n) is 4.09. The maximum Gasteiger partial charge on any atom is 0.337 e. The first-order chi connectivity index (χ1) is 9.16. The van der Waals surface area contributed by atoms with E-state index in [-0.39, 0.29) is 5.56 Å². The van der Waals surface area contributed by atoms with Crippen molar-refractivity contribution in [1.82, 2.24) is 9.55 Å². The molecule has 1 N–H and O–H groups in total. The number of benzene rings is 1. The predicted octanol–water partition coefficient (Wildman–Crippen LogP) is 2.86. The van der Waals surface area contributed by atoms with Crippen LogP contribution in [0.3, 0.4) is 0 Å². The monoisotopic (exact) mass is 256 g/mol. The third-order valence-corrected chi connectivity index (χ3v) is 2.94. The first-order valence-corrected chi connectivity index (χ1v) is 5.61. The number of pyridine rings is 1. The first-order valence-electron chi connectivity index (χ1n) is 5.61. The van der Waals surface area contributed by atoms with Crippen molar-refractivity contribution in [3.63, 3.8) is 0 Å². The molecule has 94 valence electrons. The Balaban J connectivity index is 2.30. The van der Waals surface area contributed by atoms with E-state index < -0.39 is 11.8 Å². The summed E-state index contributed by atoms with van der Waals surface area (Å²) in [6.07, 6.45) is 5.05. The number of rotatable bonds is 2. The van der Waals surface area contributed by atoms with E-state index in [1.807, 2.05) is 12.1 Å². The number of carboxylic acid groups (broad SMARTS) is 1. The second-order valence-corrected chi connectivity index (χ2v) is 4.09. The molecular weight excluding hydrogens is 247 g/mol. The fourth-order valence-corrected chi connectivity index (χ4v) is 2.07. The van der Waals surface area contributed by atoms with Crippen LogP contribution in [0.2, 0.25) is 0 Å². The summed E-state index contributed by atoms with van der Waals surface area (Å²) in [6, 6.07) is 7.39. The molecule has 1 aromatic carbocycles. The molecule has 19 heavy (non-hydrogen) atoms. The van der Waals surface area contributed by atoms with E-state index in [0.29, 0.717) is 5.69 Å². The zero-order valence-electron chi connectivity index (χ0n) is 9.75. The van der Waals surface area contributed by atoms with Gasteiger partial charge in [-0.2, -0.15) is 0 Å². The van der Waals surface area contributed by atoms with Crippen LogP contribution < -0.4 is 0 Å². The van der Waals surface area contributed by atoms with Crippen LogP contribution in [0, 0.1) is 5.82 Å². The van der Waals surface area contributed by atoms with Crippen molar-refractivity contribution in [2.45, 2.75) is 0 Å². The molecule has 0 aliphatic rings. The number of carboxylic acids is 1. The van der Waals surface area contributed by atoms with Crippen molar-refractivity contribution in [2.24, 2.45) is 0 Å². The molecule has 0 aliphatic carbocycles. The first kappa shape index (κ1) is 11.4. The minimum atomic E-state index is -1.17. The number of nitrogens with zero attached hydrogens (tertiary/aromatic N) is 2. The van der Waals surface area contributed by atoms with E-state index in [0.717, 1.165) is 17.0 Å². The highest BCUT2D eigenvalue weighted by Crippen LogP contribution is 2.23. The van der Waals surface area contributed by atoms with Crippen molar-refractivity contribution >= 4 is 16.9 Å². The fraction of sp³-hybridized carbons (Fsp3) is 0. The Kier molecular flexibility index (Phi) is 2.52. The summed E-state index contributed by atoms with van der Waals surface area (Å²) < 4.78 is 14.9. The van der Waals surface area contributed by atoms with Crippen LogP contribution in [0.1, 0.15) is 10.4 Å². The molecule has 0 radical (unpaired) electrons. The quantitative estimate of drug-likeness (QED) is 0.767. The summed E-state index contributed by atoms with van der Waals surface area (Å²) in [6.45, 7) is 0. The third kappa shape index (κ3) is 1.85.